The molecule has 0 aliphatic heterocycles. The molecule has 2 amide bonds. The standard InChI is InChI=1S/C40H80Br2N4O4/c1-3-5-19-25-35(45-33-41)37(47)27-21-15-11-7-9-13-17-23-29-39(49)43-31-32-44-40(50)30-24-18-14-10-8-12-16-22-28-38(48)36(46-34-42)26-20-6-4-2/h35-38,45-48H,3-34H2,1-2H3,(H,43,49)(H,44,50). The third-order valence-corrected chi connectivity index (χ3v) is 10.6. The van der Waals surface area contributed by atoms with E-state index in [0.717, 1.165) is 75.1 Å². The molecule has 0 spiro atoms. The molecule has 50 heavy (non-hydrogen) atoms. The summed E-state index contributed by atoms with van der Waals surface area (Å²) in [6.07, 6.45) is 29.8. The van der Waals surface area contributed by atoms with Gasteiger partial charge >= 0.3 is 0 Å². The minimum atomic E-state index is -0.258. The molecule has 0 aromatic rings. The third kappa shape index (κ3) is 32.4. The van der Waals surface area contributed by atoms with Gasteiger partial charge in [-0.05, 0) is 38.5 Å². The number of hydrogen-bond donors (Lipinski definition) is 6. The van der Waals surface area contributed by atoms with Crippen LogP contribution in [-0.2, 0) is 9.59 Å². The monoisotopic (exact) mass is 838 g/mol. The second-order valence-corrected chi connectivity index (χ2v) is 15.6. The van der Waals surface area contributed by atoms with Crippen LogP contribution in [0.3, 0.4) is 0 Å². The fourth-order valence-electron chi connectivity index (χ4n) is 6.67. The van der Waals surface area contributed by atoms with E-state index in [1.807, 2.05) is 0 Å². The number of alkyl halides is 2. The van der Waals surface area contributed by atoms with Gasteiger partial charge in [0.2, 0.25) is 11.8 Å². The van der Waals surface area contributed by atoms with Gasteiger partial charge in [0, 0.05) is 38.0 Å². The van der Waals surface area contributed by atoms with Crippen LogP contribution in [0.5, 0.6) is 0 Å². The quantitative estimate of drug-likeness (QED) is 0.0208. The van der Waals surface area contributed by atoms with Gasteiger partial charge in [-0.3, -0.25) is 9.59 Å². The largest absolute Gasteiger partial charge is 0.392 e. The van der Waals surface area contributed by atoms with Gasteiger partial charge in [-0.15, -0.1) is 0 Å². The first kappa shape index (κ1) is 49.7. The van der Waals surface area contributed by atoms with Crippen LogP contribution in [0.15, 0.2) is 0 Å². The third-order valence-electron chi connectivity index (χ3n) is 9.92. The topological polar surface area (TPSA) is 123 Å². The molecular weight excluding hydrogens is 760 g/mol. The molecule has 0 heterocycles. The van der Waals surface area contributed by atoms with Crippen molar-refractivity contribution in [3.05, 3.63) is 0 Å². The molecule has 10 heteroatoms. The normalized spacial score (nSPS) is 14.0. The average Bonchev–Trinajstić information content (AvgIpc) is 3.10. The second-order valence-electron chi connectivity index (χ2n) is 14.4. The molecule has 4 unspecified atom stereocenters. The van der Waals surface area contributed by atoms with E-state index in [9.17, 15) is 19.8 Å². The van der Waals surface area contributed by atoms with Crippen molar-refractivity contribution >= 4 is 43.7 Å². The molecule has 4 atom stereocenters. The fraction of sp³-hybridized carbons (Fsp3) is 0.950. The Labute approximate surface area is 325 Å². The SMILES string of the molecule is CCCCCC(NCBr)C(O)CCCCCCCCCCC(=O)NCCNC(=O)CCCCCCCCCCC(O)C(CCCCC)NCBr. The van der Waals surface area contributed by atoms with Crippen LogP contribution in [0.4, 0.5) is 0 Å². The van der Waals surface area contributed by atoms with E-state index < -0.39 is 0 Å². The maximum Gasteiger partial charge on any atom is 0.220 e. The van der Waals surface area contributed by atoms with Crippen molar-refractivity contribution in [3.63, 3.8) is 0 Å². The Hall–Kier alpha value is -0.260. The minimum absolute atomic E-state index is 0.0784. The van der Waals surface area contributed by atoms with Crippen molar-refractivity contribution in [2.75, 3.05) is 24.0 Å². The van der Waals surface area contributed by atoms with E-state index in [0.29, 0.717) is 25.9 Å². The maximum absolute atomic E-state index is 12.1. The number of unbranched alkanes of at least 4 members (excludes halogenated alkanes) is 18. The van der Waals surface area contributed by atoms with Crippen molar-refractivity contribution in [2.45, 2.75) is 218 Å². The van der Waals surface area contributed by atoms with E-state index in [1.165, 1.54) is 103 Å². The van der Waals surface area contributed by atoms with E-state index in [2.05, 4.69) is 67.0 Å². The van der Waals surface area contributed by atoms with Gasteiger partial charge in [0.05, 0.1) is 23.1 Å². The van der Waals surface area contributed by atoms with Crippen molar-refractivity contribution < 1.29 is 19.8 Å². The summed E-state index contributed by atoms with van der Waals surface area (Å²) in [6.45, 7) is 5.41. The van der Waals surface area contributed by atoms with Gasteiger partial charge in [-0.2, -0.15) is 0 Å². The number of aliphatic hydroxyl groups excluding tert-OH is 2. The molecule has 0 aliphatic carbocycles. The number of carbonyl (C=O) groups is 2. The highest BCUT2D eigenvalue weighted by molar-refractivity contribution is 9.09. The van der Waals surface area contributed by atoms with Crippen LogP contribution < -0.4 is 21.3 Å². The van der Waals surface area contributed by atoms with E-state index in [1.54, 1.807) is 0 Å². The van der Waals surface area contributed by atoms with E-state index in [-0.39, 0.29) is 36.1 Å². The first-order chi connectivity index (χ1) is 24.4. The highest BCUT2D eigenvalue weighted by atomic mass is 79.9. The zero-order chi connectivity index (χ0) is 36.9. The molecule has 8 nitrogen and oxygen atoms in total. The lowest BCUT2D eigenvalue weighted by Crippen LogP contribution is -2.39. The summed E-state index contributed by atoms with van der Waals surface area (Å²) < 4.78 is 0. The van der Waals surface area contributed by atoms with Gasteiger partial charge in [-0.25, -0.2) is 0 Å². The number of hydrogen-bond acceptors (Lipinski definition) is 6. The van der Waals surface area contributed by atoms with E-state index in [4.69, 9.17) is 0 Å². The van der Waals surface area contributed by atoms with Crippen molar-refractivity contribution in [1.82, 2.24) is 21.3 Å². The van der Waals surface area contributed by atoms with Gasteiger partial charge in [0.15, 0.2) is 0 Å². The number of carbonyl (C=O) groups excluding carboxylic acids is 2. The second kappa shape index (κ2) is 38.5. The van der Waals surface area contributed by atoms with Gasteiger partial charge in [0.1, 0.15) is 0 Å². The number of rotatable bonds is 39. The first-order valence-electron chi connectivity index (χ1n) is 20.9. The lowest BCUT2D eigenvalue weighted by Gasteiger charge is -2.23. The summed E-state index contributed by atoms with van der Waals surface area (Å²) in [5.41, 5.74) is 1.46. The Balaban J connectivity index is 3.56. The van der Waals surface area contributed by atoms with Crippen molar-refractivity contribution in [3.8, 4) is 0 Å². The van der Waals surface area contributed by atoms with Gasteiger partial charge in [-0.1, -0.05) is 174 Å². The summed E-state index contributed by atoms with van der Waals surface area (Å²) in [6, 6.07) is 0.393. The number of aliphatic hydroxyl groups is 2. The zero-order valence-corrected chi connectivity index (χ0v) is 35.6. The van der Waals surface area contributed by atoms with Crippen LogP contribution >= 0.6 is 31.9 Å². The number of nitrogens with one attached hydrogen (secondary N) is 4. The average molecular weight is 841 g/mol. The highest BCUT2D eigenvalue weighted by Crippen LogP contribution is 2.17. The smallest absolute Gasteiger partial charge is 0.220 e. The zero-order valence-electron chi connectivity index (χ0n) is 32.4. The first-order valence-corrected chi connectivity index (χ1v) is 23.1. The summed E-state index contributed by atoms with van der Waals surface area (Å²) >= 11 is 6.89. The Morgan fingerprint density at radius 3 is 1.08 bits per heavy atom. The van der Waals surface area contributed by atoms with Crippen molar-refractivity contribution in [1.29, 1.82) is 0 Å². The molecule has 0 saturated carbocycles. The highest BCUT2D eigenvalue weighted by Gasteiger charge is 2.18. The molecule has 0 aromatic heterocycles. The summed E-state index contributed by atoms with van der Waals surface area (Å²) in [7, 11) is 0. The van der Waals surface area contributed by atoms with Crippen molar-refractivity contribution in [2.24, 2.45) is 0 Å². The molecule has 0 rings (SSSR count). The fourth-order valence-corrected chi connectivity index (χ4v) is 7.50. The molecule has 0 aliphatic rings. The molecule has 0 fully saturated rings. The molecule has 6 N–H and O–H groups in total. The minimum Gasteiger partial charge on any atom is -0.392 e. The summed E-state index contributed by atoms with van der Waals surface area (Å²) in [4.78, 5) is 24.3. The predicted octanol–water partition coefficient (Wildman–Crippen LogP) is 9.52. The lowest BCUT2D eigenvalue weighted by molar-refractivity contribution is -0.123. The molecule has 0 radical (unpaired) electrons. The Morgan fingerprint density at radius 1 is 0.460 bits per heavy atom. The van der Waals surface area contributed by atoms with Crippen LogP contribution in [0, 0.1) is 0 Å². The molecule has 0 aromatic carbocycles. The Morgan fingerprint density at radius 2 is 0.760 bits per heavy atom. The van der Waals surface area contributed by atoms with Gasteiger partial charge in [0.25, 0.3) is 0 Å². The van der Waals surface area contributed by atoms with Crippen LogP contribution in [0.25, 0.3) is 0 Å². The van der Waals surface area contributed by atoms with Crippen LogP contribution in [-0.4, -0.2) is 70.3 Å². The number of halogens is 2. The molecule has 298 valence electrons. The maximum atomic E-state index is 12.1. The summed E-state index contributed by atoms with van der Waals surface area (Å²) in [5, 5.41) is 33.8. The summed E-state index contributed by atoms with van der Waals surface area (Å²) in [5.74, 6) is 0.157. The Kier molecular flexibility index (Phi) is 38.3. The van der Waals surface area contributed by atoms with E-state index >= 15 is 0 Å². The Bertz CT molecular complexity index is 692. The van der Waals surface area contributed by atoms with Crippen LogP contribution in [0.1, 0.15) is 194 Å². The molecule has 0 saturated heterocycles. The van der Waals surface area contributed by atoms with Crippen LogP contribution in [0.2, 0.25) is 0 Å². The lowest BCUT2D eigenvalue weighted by atomic mass is 9.98. The van der Waals surface area contributed by atoms with Gasteiger partial charge < -0.3 is 31.5 Å². The predicted molar refractivity (Wildman–Crippen MR) is 220 cm³/mol. The molecular formula is C40H80Br2N4O4. The molecule has 0 bridgehead atoms. The number of amides is 2.